The third-order valence-electron chi connectivity index (χ3n) is 7.80. The SMILES string of the molecule is CCCCN1c2cccc(NC34CC5CC(CC(C5)C3)C4)c2NC1C(C)C. The van der Waals surface area contributed by atoms with E-state index in [-0.39, 0.29) is 0 Å². The van der Waals surface area contributed by atoms with Gasteiger partial charge in [0.1, 0.15) is 6.17 Å². The lowest BCUT2D eigenvalue weighted by atomic mass is 9.53. The average Bonchev–Trinajstić information content (AvgIpc) is 2.98. The number of nitrogens with zero attached hydrogens (tertiary/aromatic N) is 1. The molecule has 3 nitrogen and oxygen atoms in total. The van der Waals surface area contributed by atoms with E-state index in [1.165, 1.54) is 68.4 Å². The Hall–Kier alpha value is -1.38. The van der Waals surface area contributed by atoms with Gasteiger partial charge in [-0.3, -0.25) is 0 Å². The van der Waals surface area contributed by atoms with Crippen molar-refractivity contribution in [3.8, 4) is 0 Å². The first-order chi connectivity index (χ1) is 13.1. The number of nitrogens with one attached hydrogen (secondary N) is 2. The third-order valence-corrected chi connectivity index (χ3v) is 7.80. The van der Waals surface area contributed by atoms with Gasteiger partial charge in [-0.2, -0.15) is 0 Å². The van der Waals surface area contributed by atoms with Gasteiger partial charge in [-0.05, 0) is 80.8 Å². The molecule has 1 unspecified atom stereocenters. The lowest BCUT2D eigenvalue weighted by Crippen LogP contribution is -2.54. The second-order valence-corrected chi connectivity index (χ2v) is 10.4. The predicted molar refractivity (Wildman–Crippen MR) is 115 cm³/mol. The zero-order valence-corrected chi connectivity index (χ0v) is 17.4. The van der Waals surface area contributed by atoms with Crippen molar-refractivity contribution < 1.29 is 0 Å². The highest BCUT2D eigenvalue weighted by Crippen LogP contribution is 2.57. The Morgan fingerprint density at radius 2 is 1.78 bits per heavy atom. The van der Waals surface area contributed by atoms with Gasteiger partial charge in [0, 0.05) is 12.1 Å². The van der Waals surface area contributed by atoms with Crippen LogP contribution in [0, 0.1) is 23.7 Å². The van der Waals surface area contributed by atoms with Gasteiger partial charge in [-0.1, -0.05) is 33.3 Å². The molecular weight excluding hydrogens is 330 g/mol. The molecule has 0 aromatic heterocycles. The van der Waals surface area contributed by atoms with Gasteiger partial charge in [-0.15, -0.1) is 0 Å². The Morgan fingerprint density at radius 3 is 2.37 bits per heavy atom. The van der Waals surface area contributed by atoms with Crippen LogP contribution in [0.15, 0.2) is 18.2 Å². The summed E-state index contributed by atoms with van der Waals surface area (Å²) in [5.41, 5.74) is 4.51. The molecule has 1 atom stereocenters. The highest BCUT2D eigenvalue weighted by atomic mass is 15.3. The van der Waals surface area contributed by atoms with Crippen molar-refractivity contribution in [3.05, 3.63) is 18.2 Å². The van der Waals surface area contributed by atoms with Gasteiger partial charge in [0.2, 0.25) is 0 Å². The lowest BCUT2D eigenvalue weighted by molar-refractivity contribution is 0.0107. The number of hydrogen-bond donors (Lipinski definition) is 2. The smallest absolute Gasteiger partial charge is 0.101 e. The molecule has 2 N–H and O–H groups in total. The molecule has 4 aliphatic carbocycles. The minimum atomic E-state index is 0.371. The number of benzene rings is 1. The Bertz CT molecular complexity index is 660. The molecule has 3 heteroatoms. The number of rotatable bonds is 6. The molecule has 4 saturated carbocycles. The summed E-state index contributed by atoms with van der Waals surface area (Å²) < 4.78 is 0. The molecule has 5 aliphatic rings. The molecule has 1 aromatic rings. The van der Waals surface area contributed by atoms with E-state index in [0.717, 1.165) is 24.3 Å². The summed E-state index contributed by atoms with van der Waals surface area (Å²) in [7, 11) is 0. The van der Waals surface area contributed by atoms with E-state index in [0.29, 0.717) is 17.6 Å². The molecule has 4 bridgehead atoms. The maximum atomic E-state index is 4.13. The molecule has 1 heterocycles. The minimum Gasteiger partial charge on any atom is -0.378 e. The maximum absolute atomic E-state index is 4.13. The van der Waals surface area contributed by atoms with Crippen molar-refractivity contribution in [3.63, 3.8) is 0 Å². The molecule has 4 fully saturated rings. The first kappa shape index (κ1) is 17.7. The van der Waals surface area contributed by atoms with Crippen LogP contribution in [0.2, 0.25) is 0 Å². The van der Waals surface area contributed by atoms with Crippen LogP contribution in [-0.4, -0.2) is 18.2 Å². The van der Waals surface area contributed by atoms with Gasteiger partial charge in [0.05, 0.1) is 17.1 Å². The topological polar surface area (TPSA) is 27.3 Å². The summed E-state index contributed by atoms with van der Waals surface area (Å²) in [5.74, 6) is 3.55. The Labute approximate surface area is 165 Å². The molecule has 0 radical (unpaired) electrons. The predicted octanol–water partition coefficient (Wildman–Crippen LogP) is 6.08. The molecule has 148 valence electrons. The largest absolute Gasteiger partial charge is 0.378 e. The number of anilines is 3. The van der Waals surface area contributed by atoms with Crippen molar-refractivity contribution >= 4 is 17.1 Å². The van der Waals surface area contributed by atoms with E-state index in [1.54, 1.807) is 0 Å². The molecule has 6 rings (SSSR count). The lowest BCUT2D eigenvalue weighted by Gasteiger charge is -2.57. The van der Waals surface area contributed by atoms with E-state index in [4.69, 9.17) is 0 Å². The molecule has 0 spiro atoms. The Kier molecular flexibility index (Phi) is 4.33. The summed E-state index contributed by atoms with van der Waals surface area (Å²) >= 11 is 0. The number of unbranched alkanes of at least 4 members (excludes halogenated alkanes) is 1. The monoisotopic (exact) mass is 367 g/mol. The quantitative estimate of drug-likeness (QED) is 0.638. The van der Waals surface area contributed by atoms with Crippen molar-refractivity contribution in [2.45, 2.75) is 83.8 Å². The van der Waals surface area contributed by atoms with E-state index in [9.17, 15) is 0 Å². The Balaban J connectivity index is 1.43. The van der Waals surface area contributed by atoms with Crippen LogP contribution >= 0.6 is 0 Å². The maximum Gasteiger partial charge on any atom is 0.101 e. The van der Waals surface area contributed by atoms with Crippen LogP contribution in [0.4, 0.5) is 17.1 Å². The summed E-state index contributed by atoms with van der Waals surface area (Å²) in [6, 6.07) is 6.92. The van der Waals surface area contributed by atoms with E-state index < -0.39 is 0 Å². The van der Waals surface area contributed by atoms with Crippen molar-refractivity contribution in [2.24, 2.45) is 23.7 Å². The highest BCUT2D eigenvalue weighted by Gasteiger charge is 2.51. The minimum absolute atomic E-state index is 0.371. The molecular formula is C24H37N3. The average molecular weight is 368 g/mol. The number of fused-ring (bicyclic) bond motifs is 1. The second kappa shape index (κ2) is 6.60. The van der Waals surface area contributed by atoms with Crippen LogP contribution in [0.25, 0.3) is 0 Å². The van der Waals surface area contributed by atoms with Crippen molar-refractivity contribution in [1.82, 2.24) is 0 Å². The highest BCUT2D eigenvalue weighted by molar-refractivity contribution is 5.87. The van der Waals surface area contributed by atoms with E-state index >= 15 is 0 Å². The zero-order chi connectivity index (χ0) is 18.6. The van der Waals surface area contributed by atoms with Crippen LogP contribution in [0.5, 0.6) is 0 Å². The molecule has 27 heavy (non-hydrogen) atoms. The van der Waals surface area contributed by atoms with Crippen molar-refractivity contribution in [2.75, 3.05) is 22.1 Å². The third kappa shape index (κ3) is 3.02. The van der Waals surface area contributed by atoms with Crippen molar-refractivity contribution in [1.29, 1.82) is 0 Å². The van der Waals surface area contributed by atoms with Gasteiger partial charge >= 0.3 is 0 Å². The molecule has 0 amide bonds. The summed E-state index contributed by atoms with van der Waals surface area (Å²) in [6.45, 7) is 8.13. The fraction of sp³-hybridized carbons (Fsp3) is 0.750. The number of hydrogen-bond acceptors (Lipinski definition) is 3. The molecule has 1 aliphatic heterocycles. The normalized spacial score (nSPS) is 36.2. The number of para-hydroxylation sites is 1. The Morgan fingerprint density at radius 1 is 1.11 bits per heavy atom. The first-order valence-corrected chi connectivity index (χ1v) is 11.5. The van der Waals surface area contributed by atoms with Crippen LogP contribution in [0.1, 0.15) is 72.1 Å². The molecule has 1 aromatic carbocycles. The van der Waals surface area contributed by atoms with E-state index in [2.05, 4.69) is 54.5 Å². The standard InChI is InChI=1S/C24H37N3/c1-4-5-9-27-21-8-6-7-20(22(21)25-23(27)16(2)3)26-24-13-17-10-18(14-24)12-19(11-17)15-24/h6-8,16-19,23,25-26H,4-5,9-15H2,1-3H3. The van der Waals surface area contributed by atoms with E-state index in [1.807, 2.05) is 0 Å². The van der Waals surface area contributed by atoms with Crippen LogP contribution < -0.4 is 15.5 Å². The summed E-state index contributed by atoms with van der Waals surface area (Å²) in [4.78, 5) is 2.62. The first-order valence-electron chi connectivity index (χ1n) is 11.5. The van der Waals surface area contributed by atoms with Gasteiger partial charge in [-0.25, -0.2) is 0 Å². The summed E-state index contributed by atoms with van der Waals surface area (Å²) in [5, 5.41) is 8.04. The van der Waals surface area contributed by atoms with Crippen LogP contribution in [0.3, 0.4) is 0 Å². The van der Waals surface area contributed by atoms with Crippen LogP contribution in [-0.2, 0) is 0 Å². The van der Waals surface area contributed by atoms with Gasteiger partial charge < -0.3 is 15.5 Å². The fourth-order valence-electron chi connectivity index (χ4n) is 7.07. The molecule has 0 saturated heterocycles. The van der Waals surface area contributed by atoms with Gasteiger partial charge in [0.25, 0.3) is 0 Å². The summed E-state index contributed by atoms with van der Waals surface area (Å²) in [6.07, 6.45) is 11.6. The van der Waals surface area contributed by atoms with Gasteiger partial charge in [0.15, 0.2) is 0 Å². The second-order valence-electron chi connectivity index (χ2n) is 10.4. The fourth-order valence-corrected chi connectivity index (χ4v) is 7.07. The zero-order valence-electron chi connectivity index (χ0n) is 17.4.